The van der Waals surface area contributed by atoms with E-state index < -0.39 is 0 Å². The molecule has 0 saturated carbocycles. The molecule has 1 aliphatic rings. The summed E-state index contributed by atoms with van der Waals surface area (Å²) in [5, 5.41) is 7.41. The molecule has 0 spiro atoms. The maximum Gasteiger partial charge on any atom is 0.338 e. The Hall–Kier alpha value is -2.83. The first-order chi connectivity index (χ1) is 12.1. The van der Waals surface area contributed by atoms with Crippen molar-refractivity contribution in [2.75, 3.05) is 30.4 Å². The van der Waals surface area contributed by atoms with E-state index >= 15 is 0 Å². The van der Waals surface area contributed by atoms with Crippen LogP contribution in [-0.4, -0.2) is 40.9 Å². The number of carbonyl (C=O) groups is 1. The second kappa shape index (κ2) is 6.96. The number of methoxy groups -OCH3 is 1. The predicted octanol–water partition coefficient (Wildman–Crippen LogP) is 2.59. The molecule has 1 unspecified atom stereocenters. The molecule has 1 aromatic heterocycles. The van der Waals surface area contributed by atoms with Gasteiger partial charge < -0.3 is 15.0 Å². The number of hydrogen-bond acceptors (Lipinski definition) is 6. The number of nitrogens with one attached hydrogen (secondary N) is 1. The predicted molar refractivity (Wildman–Crippen MR) is 96.5 cm³/mol. The lowest BCUT2D eigenvalue weighted by Gasteiger charge is -2.28. The molecule has 1 aliphatic heterocycles. The number of esters is 1. The highest BCUT2D eigenvalue weighted by Gasteiger charge is 2.33. The fourth-order valence-electron chi connectivity index (χ4n) is 3.23. The third-order valence-corrected chi connectivity index (χ3v) is 4.54. The normalized spacial score (nSPS) is 16.2. The summed E-state index contributed by atoms with van der Waals surface area (Å²) in [5.74, 6) is 0.243. The van der Waals surface area contributed by atoms with Crippen molar-refractivity contribution >= 4 is 17.6 Å². The zero-order valence-corrected chi connectivity index (χ0v) is 15.0. The highest BCUT2D eigenvalue weighted by molar-refractivity contribution is 5.92. The van der Waals surface area contributed by atoms with Crippen molar-refractivity contribution in [2.24, 2.45) is 0 Å². The van der Waals surface area contributed by atoms with Crippen molar-refractivity contribution < 1.29 is 9.53 Å². The minimum Gasteiger partial charge on any atom is -0.466 e. The van der Waals surface area contributed by atoms with Gasteiger partial charge in [0.05, 0.1) is 12.7 Å². The summed E-state index contributed by atoms with van der Waals surface area (Å²) in [7, 11) is 1.39. The Morgan fingerprint density at radius 3 is 2.56 bits per heavy atom. The molecule has 1 N–H and O–H groups in total. The average Bonchev–Trinajstić information content (AvgIpc) is 3.09. The monoisotopic (exact) mass is 341 g/mol. The van der Waals surface area contributed by atoms with Crippen molar-refractivity contribution in [2.45, 2.75) is 26.8 Å². The van der Waals surface area contributed by atoms with Crippen LogP contribution in [0.2, 0.25) is 0 Å². The molecule has 1 aromatic carbocycles. The van der Waals surface area contributed by atoms with Gasteiger partial charge in [0.25, 0.3) is 0 Å². The van der Waals surface area contributed by atoms with Crippen molar-refractivity contribution in [1.29, 1.82) is 0 Å². The molecule has 132 valence electrons. The number of anilines is 2. The van der Waals surface area contributed by atoms with Gasteiger partial charge in [-0.1, -0.05) is 12.1 Å². The molecule has 0 aliphatic carbocycles. The molecule has 0 radical (unpaired) electrons. The number of carbonyl (C=O) groups excluding carboxylic acids is 1. The molecular weight excluding hydrogens is 318 g/mol. The summed E-state index contributed by atoms with van der Waals surface area (Å²) in [6, 6.07) is 7.85. The van der Waals surface area contributed by atoms with Crippen LogP contribution in [-0.2, 0) is 9.53 Å². The van der Waals surface area contributed by atoms with Crippen LogP contribution in [0.25, 0.3) is 0 Å². The Kier molecular flexibility index (Phi) is 4.74. The third-order valence-electron chi connectivity index (χ3n) is 4.54. The quantitative estimate of drug-likeness (QED) is 0.843. The van der Waals surface area contributed by atoms with Gasteiger partial charge in [0.15, 0.2) is 0 Å². The van der Waals surface area contributed by atoms with Crippen LogP contribution in [0.1, 0.15) is 32.4 Å². The van der Waals surface area contributed by atoms with Crippen molar-refractivity contribution in [1.82, 2.24) is 14.8 Å². The van der Waals surface area contributed by atoms with Crippen LogP contribution in [0, 0.1) is 0 Å². The molecule has 0 saturated heterocycles. The minimum absolute atomic E-state index is 0.364. The van der Waals surface area contributed by atoms with Gasteiger partial charge in [0.2, 0.25) is 5.95 Å². The Morgan fingerprint density at radius 2 is 1.96 bits per heavy atom. The summed E-state index contributed by atoms with van der Waals surface area (Å²) in [5.41, 5.74) is 3.38. The van der Waals surface area contributed by atoms with Gasteiger partial charge in [-0.05, 0) is 38.5 Å². The molecule has 1 atom stereocenters. The first-order valence-corrected chi connectivity index (χ1v) is 8.41. The number of aromatic nitrogens is 3. The van der Waals surface area contributed by atoms with Crippen LogP contribution in [0.15, 0.2) is 41.9 Å². The largest absolute Gasteiger partial charge is 0.466 e. The molecule has 0 amide bonds. The van der Waals surface area contributed by atoms with Gasteiger partial charge >= 0.3 is 5.97 Å². The van der Waals surface area contributed by atoms with Gasteiger partial charge in [-0.15, -0.1) is 0 Å². The standard InChI is InChI=1S/C18H23N5O2/c1-5-22(6-2)14-9-7-13(8-10-14)16-15(17(24)25-4)12(3)21-18-19-11-20-23(16)18/h7-11,16H,5-6H2,1-4H3,(H,19,20,21). The van der Waals surface area contributed by atoms with Crippen LogP contribution >= 0.6 is 0 Å². The van der Waals surface area contributed by atoms with Gasteiger partial charge in [-0.25, -0.2) is 9.48 Å². The zero-order chi connectivity index (χ0) is 18.0. The second-order valence-electron chi connectivity index (χ2n) is 5.85. The number of ether oxygens (including phenoxy) is 1. The number of benzene rings is 1. The molecule has 7 nitrogen and oxygen atoms in total. The van der Waals surface area contributed by atoms with E-state index in [0.29, 0.717) is 11.5 Å². The molecule has 7 heteroatoms. The Balaban J connectivity index is 2.05. The number of fused-ring (bicyclic) bond motifs is 1. The van der Waals surface area contributed by atoms with Gasteiger partial charge in [-0.2, -0.15) is 10.1 Å². The molecule has 3 rings (SSSR count). The lowest BCUT2D eigenvalue weighted by Crippen LogP contribution is -2.29. The zero-order valence-electron chi connectivity index (χ0n) is 15.0. The summed E-state index contributed by atoms with van der Waals surface area (Å²) in [6.45, 7) is 8.01. The summed E-state index contributed by atoms with van der Waals surface area (Å²) >= 11 is 0. The highest BCUT2D eigenvalue weighted by atomic mass is 16.5. The third kappa shape index (κ3) is 2.97. The second-order valence-corrected chi connectivity index (χ2v) is 5.85. The lowest BCUT2D eigenvalue weighted by molar-refractivity contribution is -0.136. The van der Waals surface area contributed by atoms with E-state index in [9.17, 15) is 4.79 Å². The Morgan fingerprint density at radius 1 is 1.28 bits per heavy atom. The van der Waals surface area contributed by atoms with Crippen molar-refractivity contribution in [3.63, 3.8) is 0 Å². The van der Waals surface area contributed by atoms with Crippen LogP contribution in [0.4, 0.5) is 11.6 Å². The average molecular weight is 341 g/mol. The molecule has 0 bridgehead atoms. The van der Waals surface area contributed by atoms with Crippen LogP contribution in [0.5, 0.6) is 0 Å². The van der Waals surface area contributed by atoms with Crippen LogP contribution in [0.3, 0.4) is 0 Å². The maximum absolute atomic E-state index is 12.4. The number of hydrogen-bond donors (Lipinski definition) is 1. The van der Waals surface area contributed by atoms with E-state index in [-0.39, 0.29) is 12.0 Å². The minimum atomic E-state index is -0.371. The fraction of sp³-hybridized carbons (Fsp3) is 0.389. The number of allylic oxidation sites excluding steroid dienone is 1. The summed E-state index contributed by atoms with van der Waals surface area (Å²) < 4.78 is 6.71. The molecule has 2 heterocycles. The lowest BCUT2D eigenvalue weighted by atomic mass is 9.95. The number of nitrogens with zero attached hydrogens (tertiary/aromatic N) is 4. The first-order valence-electron chi connectivity index (χ1n) is 8.41. The van der Waals surface area contributed by atoms with E-state index in [1.807, 2.05) is 19.1 Å². The Bertz CT molecular complexity index is 790. The molecular formula is C18H23N5O2. The maximum atomic E-state index is 12.4. The molecule has 25 heavy (non-hydrogen) atoms. The summed E-state index contributed by atoms with van der Waals surface area (Å²) in [4.78, 5) is 18.9. The van der Waals surface area contributed by atoms with E-state index in [2.05, 4.69) is 46.3 Å². The van der Waals surface area contributed by atoms with Gasteiger partial charge in [-0.3, -0.25) is 0 Å². The van der Waals surface area contributed by atoms with Crippen molar-refractivity contribution in [3.8, 4) is 0 Å². The smallest absolute Gasteiger partial charge is 0.338 e. The van der Waals surface area contributed by atoms with Gasteiger partial charge in [0, 0.05) is 24.5 Å². The highest BCUT2D eigenvalue weighted by Crippen LogP contribution is 2.35. The van der Waals surface area contributed by atoms with Crippen molar-refractivity contribution in [3.05, 3.63) is 47.4 Å². The van der Waals surface area contributed by atoms with E-state index in [4.69, 9.17) is 4.74 Å². The summed E-state index contributed by atoms with van der Waals surface area (Å²) in [6.07, 6.45) is 1.48. The topological polar surface area (TPSA) is 72.3 Å². The van der Waals surface area contributed by atoms with Gasteiger partial charge in [0.1, 0.15) is 12.4 Å². The van der Waals surface area contributed by atoms with E-state index in [0.717, 1.165) is 30.0 Å². The molecule has 0 fully saturated rings. The fourth-order valence-corrected chi connectivity index (χ4v) is 3.23. The van der Waals surface area contributed by atoms with E-state index in [1.54, 1.807) is 4.68 Å². The van der Waals surface area contributed by atoms with Crippen LogP contribution < -0.4 is 10.2 Å². The first kappa shape index (κ1) is 17.0. The molecule has 2 aromatic rings. The SMILES string of the molecule is CCN(CC)c1ccc(C2C(C(=O)OC)=C(C)Nc3ncnn32)cc1. The number of rotatable bonds is 5. The van der Waals surface area contributed by atoms with E-state index in [1.165, 1.54) is 13.4 Å². The Labute approximate surface area is 147 Å².